The van der Waals surface area contributed by atoms with E-state index in [1.54, 1.807) is 65.1 Å². The van der Waals surface area contributed by atoms with Crippen LogP contribution in [-0.2, 0) is 65.5 Å². The molecule has 2 aromatic carbocycles. The lowest BCUT2D eigenvalue weighted by Gasteiger charge is -2.30. The smallest absolute Gasteiger partial charge is 0.408 e. The molecule has 19 N–H and O–H groups in total. The van der Waals surface area contributed by atoms with Gasteiger partial charge in [-0.2, -0.15) is 0 Å². The number of nitrogens with one attached hydrogen (secondary N) is 9. The van der Waals surface area contributed by atoms with E-state index in [9.17, 15) is 63.0 Å². The van der Waals surface area contributed by atoms with Crippen LogP contribution in [0.3, 0.4) is 0 Å². The van der Waals surface area contributed by atoms with Gasteiger partial charge >= 0.3 is 6.09 Å². The lowest BCUT2D eigenvalue weighted by atomic mass is 10.0. The van der Waals surface area contributed by atoms with Gasteiger partial charge in [-0.05, 0) is 94.5 Å². The van der Waals surface area contributed by atoms with E-state index in [0.717, 1.165) is 0 Å². The molecule has 4 rings (SSSR count). The maximum absolute atomic E-state index is 14.3. The zero-order valence-electron chi connectivity index (χ0n) is 47.6. The van der Waals surface area contributed by atoms with Crippen LogP contribution in [0.1, 0.15) is 90.7 Å². The van der Waals surface area contributed by atoms with Gasteiger partial charge in [0.15, 0.2) is 5.96 Å². The number of rotatable bonds is 31. The van der Waals surface area contributed by atoms with Gasteiger partial charge in [0.2, 0.25) is 59.1 Å². The first kappa shape index (κ1) is 69.5. The van der Waals surface area contributed by atoms with Crippen LogP contribution in [0.2, 0.25) is 0 Å². The molecule has 29 nitrogen and oxygen atoms in total. The average molecular weight is 1200 g/mol. The first-order valence-corrected chi connectivity index (χ1v) is 27.1. The summed E-state index contributed by atoms with van der Waals surface area (Å²) in [5.74, 6) is -8.89. The average Bonchev–Trinajstić information content (AvgIpc) is 3.44. The second-order valence-corrected chi connectivity index (χ2v) is 21.4. The summed E-state index contributed by atoms with van der Waals surface area (Å²) in [5, 5.41) is 41.3. The molecule has 0 radical (unpaired) electrons. The summed E-state index contributed by atoms with van der Waals surface area (Å²) < 4.78 is 5.31. The van der Waals surface area contributed by atoms with E-state index >= 15 is 0 Å². The summed E-state index contributed by atoms with van der Waals surface area (Å²) in [4.78, 5) is 156. The number of likely N-dealkylation sites (tertiary alicyclic amines) is 1. The number of nitrogens with two attached hydrogens (primary N) is 4. The van der Waals surface area contributed by atoms with E-state index in [1.165, 1.54) is 29.2 Å². The highest BCUT2D eigenvalue weighted by Gasteiger charge is 2.39. The van der Waals surface area contributed by atoms with Crippen LogP contribution in [0.5, 0.6) is 5.75 Å². The number of hydrogen-bond acceptors (Lipinski definition) is 15. The number of aliphatic hydroxyl groups excluding tert-OH is 1. The van der Waals surface area contributed by atoms with E-state index in [2.05, 4.69) is 52.5 Å². The van der Waals surface area contributed by atoms with Gasteiger partial charge in [0.05, 0.1) is 19.7 Å². The molecule has 30 heteroatoms. The van der Waals surface area contributed by atoms with Crippen LogP contribution in [0.15, 0.2) is 59.7 Å². The minimum Gasteiger partial charge on any atom is -0.508 e. The van der Waals surface area contributed by atoms with Crippen molar-refractivity contribution in [2.45, 2.75) is 140 Å². The van der Waals surface area contributed by atoms with Gasteiger partial charge in [-0.3, -0.25) is 52.9 Å². The van der Waals surface area contributed by atoms with Gasteiger partial charge in [0.1, 0.15) is 53.6 Å². The normalized spacial score (nSPS) is 15.0. The van der Waals surface area contributed by atoms with Crippen LogP contribution in [0.25, 0.3) is 10.9 Å². The van der Waals surface area contributed by atoms with Crippen LogP contribution in [-0.4, -0.2) is 172 Å². The number of carbonyl (C=O) groups excluding carboxylic acids is 11. The number of aromatic hydroxyl groups is 1. The van der Waals surface area contributed by atoms with E-state index in [4.69, 9.17) is 27.7 Å². The second-order valence-electron chi connectivity index (χ2n) is 21.4. The maximum Gasteiger partial charge on any atom is 0.408 e. The summed E-state index contributed by atoms with van der Waals surface area (Å²) in [6, 6.07) is 2.94. The van der Waals surface area contributed by atoms with Gasteiger partial charge in [-0.1, -0.05) is 44.2 Å². The van der Waals surface area contributed by atoms with Crippen molar-refractivity contribution in [1.82, 2.24) is 52.4 Å². The molecule has 2 heterocycles. The molecule has 0 spiro atoms. The number of aliphatic imine (C=N–C) groups is 1. The summed E-state index contributed by atoms with van der Waals surface area (Å²) in [5.41, 5.74) is 22.2. The molecule has 1 fully saturated rings. The van der Waals surface area contributed by atoms with Crippen molar-refractivity contribution in [2.75, 3.05) is 32.8 Å². The first-order chi connectivity index (χ1) is 39.1. The molecule has 84 heavy (non-hydrogen) atoms. The van der Waals surface area contributed by atoms with Crippen molar-refractivity contribution in [2.24, 2.45) is 33.8 Å². The zero-order valence-corrected chi connectivity index (χ0v) is 48.4. The number of carbonyl (C=O) groups is 11. The fourth-order valence-corrected chi connectivity index (χ4v) is 8.89. The van der Waals surface area contributed by atoms with Crippen LogP contribution >= 0.6 is 12.4 Å². The lowest BCUT2D eigenvalue weighted by molar-refractivity contribution is -0.142. The van der Waals surface area contributed by atoms with Crippen molar-refractivity contribution in [3.63, 3.8) is 0 Å². The first-order valence-electron chi connectivity index (χ1n) is 27.1. The number of primary amides is 2. The number of amides is 11. The Bertz CT molecular complexity index is 2820. The molecular formula is C54H80ClN15O14. The van der Waals surface area contributed by atoms with Crippen LogP contribution in [0, 0.1) is 5.92 Å². The minimum atomic E-state index is -1.78. The highest BCUT2D eigenvalue weighted by Crippen LogP contribution is 2.22. The molecule has 0 aliphatic carbocycles. The molecule has 1 aliphatic rings. The monoisotopic (exact) mass is 1200 g/mol. The van der Waals surface area contributed by atoms with Crippen molar-refractivity contribution in [3.8, 4) is 5.75 Å². The fourth-order valence-electron chi connectivity index (χ4n) is 8.89. The third-order valence-corrected chi connectivity index (χ3v) is 12.9. The maximum atomic E-state index is 14.3. The SMILES string of the molecule is CC(C)C[C@H](NC(=O)CNC(=O)[C@H](Cc1ccc(O)cc1)NC(=O)[C@H](CO)NC(=O)[C@H](Cc1c[nH]c2ccccc12)NC(=O)[C@H](CCC(N)=O)NC(=O)OC(C)(C)C)C(=O)N[C@@H](CCCN=C(N)N)C(=O)N1CCC[C@H]1C(=O)NCC(N)=O.Cl. The van der Waals surface area contributed by atoms with Gasteiger partial charge in [0, 0.05) is 49.5 Å². The highest BCUT2D eigenvalue weighted by molar-refractivity contribution is 5.98. The number of halogens is 1. The number of hydrogen-bond donors (Lipinski definition) is 15. The van der Waals surface area contributed by atoms with E-state index in [-0.39, 0.29) is 94.5 Å². The minimum absolute atomic E-state index is 0. The van der Waals surface area contributed by atoms with Gasteiger partial charge < -0.3 is 90.3 Å². The highest BCUT2D eigenvalue weighted by atomic mass is 35.5. The Balaban J connectivity index is 0.0000185. The van der Waals surface area contributed by atoms with Gasteiger partial charge in [-0.15, -0.1) is 12.4 Å². The predicted octanol–water partition coefficient (Wildman–Crippen LogP) is -2.54. The molecule has 0 bridgehead atoms. The number of H-pyrrole nitrogens is 1. The quantitative estimate of drug-likeness (QED) is 0.0179. The number of benzene rings is 2. The molecule has 11 amide bonds. The van der Waals surface area contributed by atoms with Crippen molar-refractivity contribution >= 4 is 94.4 Å². The number of phenolic OH excluding ortho intramolecular Hbond substituents is 1. The van der Waals surface area contributed by atoms with Gasteiger partial charge in [-0.25, -0.2) is 4.79 Å². The number of alkyl carbamates (subject to hydrolysis) is 1. The molecular weight excluding hydrogens is 1120 g/mol. The summed E-state index contributed by atoms with van der Waals surface area (Å²) in [7, 11) is 0. The Morgan fingerprint density at radius 1 is 0.714 bits per heavy atom. The molecule has 0 saturated carbocycles. The summed E-state index contributed by atoms with van der Waals surface area (Å²) >= 11 is 0. The standard InChI is InChI=1S/C54H79N15O14.ClH/c1-29(2)22-37(47(77)64-36(12-8-20-59-52(57)58)51(81)69-21-9-13-41(69)50(80)61-26-43(56)73)63-44(74)27-62-45(75)38(23-30-14-16-32(71)17-15-30)65-49(79)40(28-70)67-48(78)39(24-31-25-60-34-11-7-6-10-33(31)34)66-46(76)35(18-19-42(55)72)68-53(82)83-54(3,4)5;/h6-7,10-11,14-17,25,29,35-41,60,70-71H,8-9,12-13,18-24,26-28H2,1-5H3,(H2,55,72)(H2,56,73)(H,61,80)(H,62,75)(H,63,74)(H,64,77)(H,65,79)(H,66,76)(H,67,78)(H,68,82)(H4,57,58,59);1H/t35-,36-,37-,38-,39-,40-,41-;/m0./s1. The van der Waals surface area contributed by atoms with Crippen molar-refractivity contribution < 1.29 is 67.7 Å². The second kappa shape index (κ2) is 33.4. The number of aromatic nitrogens is 1. The number of ether oxygens (including phenoxy) is 1. The Hall–Kier alpha value is -8.73. The fraction of sp³-hybridized carbons (Fsp3) is 0.519. The Kier molecular flexibility index (Phi) is 27.6. The van der Waals surface area contributed by atoms with Crippen molar-refractivity contribution in [1.29, 1.82) is 0 Å². The molecule has 462 valence electrons. The Labute approximate surface area is 491 Å². The topological polar surface area (TPSA) is 469 Å². The van der Waals surface area contributed by atoms with Crippen molar-refractivity contribution in [3.05, 3.63) is 65.9 Å². The number of para-hydroxylation sites is 1. The number of aromatic amines is 1. The Morgan fingerprint density at radius 2 is 1.32 bits per heavy atom. The summed E-state index contributed by atoms with van der Waals surface area (Å²) in [6.07, 6.45) is 0.503. The van der Waals surface area contributed by atoms with E-state index < -0.39 is 133 Å². The number of guanidine groups is 1. The molecule has 3 aromatic rings. The third kappa shape index (κ3) is 23.3. The molecule has 1 aliphatic heterocycles. The number of nitrogens with zero attached hydrogens (tertiary/aromatic N) is 2. The Morgan fingerprint density at radius 3 is 1.94 bits per heavy atom. The molecule has 1 aromatic heterocycles. The largest absolute Gasteiger partial charge is 0.508 e. The van der Waals surface area contributed by atoms with Gasteiger partial charge in [0.25, 0.3) is 0 Å². The third-order valence-electron chi connectivity index (χ3n) is 12.9. The molecule has 7 atom stereocenters. The lowest BCUT2D eigenvalue weighted by Crippen LogP contribution is -2.60. The van der Waals surface area contributed by atoms with Crippen LogP contribution in [0.4, 0.5) is 4.79 Å². The number of aliphatic hydroxyl groups is 1. The molecule has 1 saturated heterocycles. The summed E-state index contributed by atoms with van der Waals surface area (Å²) in [6.45, 7) is 6.36. The number of fused-ring (bicyclic) bond motifs is 1. The molecule has 0 unspecified atom stereocenters. The predicted molar refractivity (Wildman–Crippen MR) is 309 cm³/mol. The van der Waals surface area contributed by atoms with E-state index in [0.29, 0.717) is 28.5 Å². The van der Waals surface area contributed by atoms with E-state index in [1.807, 2.05) is 0 Å². The van der Waals surface area contributed by atoms with Crippen LogP contribution < -0.4 is 65.5 Å². The zero-order chi connectivity index (χ0) is 61.6. The number of phenols is 1.